The number of hydrogen-bond acceptors (Lipinski definition) is 3. The first-order chi connectivity index (χ1) is 12.4. The van der Waals surface area contributed by atoms with E-state index < -0.39 is 0 Å². The summed E-state index contributed by atoms with van der Waals surface area (Å²) >= 11 is 0. The summed E-state index contributed by atoms with van der Waals surface area (Å²) in [7, 11) is 1.59. The fourth-order valence-corrected chi connectivity index (χ4v) is 2.64. The van der Waals surface area contributed by atoms with E-state index in [1.807, 2.05) is 50.3 Å². The van der Waals surface area contributed by atoms with E-state index in [9.17, 15) is 4.79 Å². The van der Waals surface area contributed by atoms with Gasteiger partial charge in [-0.15, -0.1) is 0 Å². The number of methoxy groups -OCH3 is 1. The molecule has 0 aliphatic rings. The predicted octanol–water partition coefficient (Wildman–Crippen LogP) is 4.60. The largest absolute Gasteiger partial charge is 0.493 e. The molecule has 1 N–H and O–H groups in total. The van der Waals surface area contributed by atoms with Crippen molar-refractivity contribution in [2.24, 2.45) is 0 Å². The Morgan fingerprint density at radius 3 is 2.54 bits per heavy atom. The van der Waals surface area contributed by atoms with Crippen LogP contribution in [0.2, 0.25) is 0 Å². The number of carbonyl (C=O) groups excluding carboxylic acids is 1. The van der Waals surface area contributed by atoms with E-state index in [0.29, 0.717) is 11.5 Å². The van der Waals surface area contributed by atoms with Crippen LogP contribution in [0.15, 0.2) is 42.5 Å². The summed E-state index contributed by atoms with van der Waals surface area (Å²) in [4.78, 5) is 12.2. The molecule has 0 saturated carbocycles. The van der Waals surface area contributed by atoms with Crippen molar-refractivity contribution in [3.63, 3.8) is 0 Å². The second kappa shape index (κ2) is 9.09. The fraction of sp³-hybridized carbons (Fsp3) is 0.318. The first-order valence-electron chi connectivity index (χ1n) is 8.74. The maximum absolute atomic E-state index is 12.2. The molecule has 4 nitrogen and oxygen atoms in total. The van der Waals surface area contributed by atoms with Gasteiger partial charge in [-0.25, -0.2) is 0 Å². The van der Waals surface area contributed by atoms with E-state index in [-0.39, 0.29) is 18.6 Å². The average Bonchev–Trinajstić information content (AvgIpc) is 2.62. The van der Waals surface area contributed by atoms with Crippen molar-refractivity contribution in [3.8, 4) is 11.5 Å². The predicted molar refractivity (Wildman–Crippen MR) is 106 cm³/mol. The van der Waals surface area contributed by atoms with Gasteiger partial charge >= 0.3 is 0 Å². The maximum atomic E-state index is 12.2. The summed E-state index contributed by atoms with van der Waals surface area (Å²) in [5, 5.41) is 2.97. The lowest BCUT2D eigenvalue weighted by Gasteiger charge is -2.16. The molecular weight excluding hydrogens is 326 g/mol. The van der Waals surface area contributed by atoms with Crippen molar-refractivity contribution in [3.05, 3.63) is 64.7 Å². The Morgan fingerprint density at radius 2 is 1.88 bits per heavy atom. The topological polar surface area (TPSA) is 47.6 Å². The van der Waals surface area contributed by atoms with Gasteiger partial charge in [0.05, 0.1) is 13.2 Å². The number of benzene rings is 2. The summed E-state index contributed by atoms with van der Waals surface area (Å²) in [6, 6.07) is 11.7. The van der Waals surface area contributed by atoms with Crippen molar-refractivity contribution in [1.29, 1.82) is 0 Å². The van der Waals surface area contributed by atoms with Crippen LogP contribution in [0.4, 0.5) is 0 Å². The van der Waals surface area contributed by atoms with Crippen LogP contribution in [0.3, 0.4) is 0 Å². The highest BCUT2D eigenvalue weighted by Gasteiger charge is 2.12. The van der Waals surface area contributed by atoms with Gasteiger partial charge in [0, 0.05) is 0 Å². The van der Waals surface area contributed by atoms with Crippen molar-refractivity contribution < 1.29 is 14.3 Å². The molecular formula is C22H27NO3. The first-order valence-corrected chi connectivity index (χ1v) is 8.74. The van der Waals surface area contributed by atoms with Gasteiger partial charge in [-0.3, -0.25) is 4.79 Å². The van der Waals surface area contributed by atoms with Crippen LogP contribution in [-0.2, 0) is 4.79 Å². The number of hydrogen-bond donors (Lipinski definition) is 1. The average molecular weight is 353 g/mol. The molecule has 0 aromatic heterocycles. The van der Waals surface area contributed by atoms with Gasteiger partial charge in [0.1, 0.15) is 0 Å². The second-order valence-corrected chi connectivity index (χ2v) is 6.33. The molecule has 0 fully saturated rings. The van der Waals surface area contributed by atoms with Gasteiger partial charge in [-0.1, -0.05) is 36.4 Å². The molecule has 2 rings (SSSR count). The zero-order chi connectivity index (χ0) is 19.1. The van der Waals surface area contributed by atoms with Crippen LogP contribution in [-0.4, -0.2) is 19.6 Å². The van der Waals surface area contributed by atoms with Crippen LogP contribution in [0, 0.1) is 13.8 Å². The molecule has 2 aromatic carbocycles. The van der Waals surface area contributed by atoms with E-state index in [1.54, 1.807) is 7.11 Å². The number of nitrogens with one attached hydrogen (secondary N) is 1. The van der Waals surface area contributed by atoms with Crippen LogP contribution in [0.1, 0.15) is 42.1 Å². The normalized spacial score (nSPS) is 12.0. The highest BCUT2D eigenvalue weighted by atomic mass is 16.5. The van der Waals surface area contributed by atoms with E-state index >= 15 is 0 Å². The van der Waals surface area contributed by atoms with Gasteiger partial charge in [0.2, 0.25) is 0 Å². The molecule has 26 heavy (non-hydrogen) atoms. The minimum absolute atomic E-state index is 0.0610. The lowest BCUT2D eigenvalue weighted by Crippen LogP contribution is -2.31. The molecule has 0 aliphatic heterocycles. The van der Waals surface area contributed by atoms with E-state index in [2.05, 4.69) is 31.3 Å². The number of ether oxygens (including phenoxy) is 2. The summed E-state index contributed by atoms with van der Waals surface area (Å²) < 4.78 is 11.0. The smallest absolute Gasteiger partial charge is 0.258 e. The molecule has 0 heterocycles. The quantitative estimate of drug-likeness (QED) is 0.791. The standard InChI is InChI=1S/C22H27NO3/c1-6-7-18-9-11-20(21(13-18)25-5)26-14-22(24)23-17(4)19-10-8-15(2)16(3)12-19/h6-13,17H,14H2,1-5H3,(H,23,24)/b7-6+. The third-order valence-electron chi connectivity index (χ3n) is 4.31. The molecule has 0 bridgehead atoms. The summed E-state index contributed by atoms with van der Waals surface area (Å²) in [6.45, 7) is 8.01. The van der Waals surface area contributed by atoms with Gasteiger partial charge < -0.3 is 14.8 Å². The van der Waals surface area contributed by atoms with Crippen molar-refractivity contribution in [2.75, 3.05) is 13.7 Å². The molecule has 2 aromatic rings. The van der Waals surface area contributed by atoms with E-state index in [4.69, 9.17) is 9.47 Å². The monoisotopic (exact) mass is 353 g/mol. The Balaban J connectivity index is 1.96. The summed E-state index contributed by atoms with van der Waals surface area (Å²) in [6.07, 6.45) is 3.93. The zero-order valence-electron chi connectivity index (χ0n) is 16.1. The molecule has 4 heteroatoms. The zero-order valence-corrected chi connectivity index (χ0v) is 16.1. The number of allylic oxidation sites excluding steroid dienone is 1. The highest BCUT2D eigenvalue weighted by Crippen LogP contribution is 2.28. The summed E-state index contributed by atoms with van der Waals surface area (Å²) in [5.41, 5.74) is 4.55. The Labute approximate surface area is 155 Å². The molecule has 138 valence electrons. The Kier molecular flexibility index (Phi) is 6.84. The van der Waals surface area contributed by atoms with E-state index in [0.717, 1.165) is 11.1 Å². The molecule has 0 radical (unpaired) electrons. The molecule has 1 amide bonds. The molecule has 1 unspecified atom stereocenters. The van der Waals surface area contributed by atoms with Crippen LogP contribution in [0.5, 0.6) is 11.5 Å². The number of carbonyl (C=O) groups is 1. The number of aryl methyl sites for hydroxylation is 2. The lowest BCUT2D eigenvalue weighted by atomic mass is 10.0. The van der Waals surface area contributed by atoms with Gasteiger partial charge in [-0.05, 0) is 62.1 Å². The van der Waals surface area contributed by atoms with Crippen molar-refractivity contribution in [2.45, 2.75) is 33.7 Å². The van der Waals surface area contributed by atoms with E-state index in [1.165, 1.54) is 11.1 Å². The third-order valence-corrected chi connectivity index (χ3v) is 4.31. The Morgan fingerprint density at radius 1 is 1.12 bits per heavy atom. The highest BCUT2D eigenvalue weighted by molar-refractivity contribution is 5.78. The van der Waals surface area contributed by atoms with Gasteiger partial charge in [-0.2, -0.15) is 0 Å². The Hall–Kier alpha value is -2.75. The first kappa shape index (κ1) is 19.6. The minimum Gasteiger partial charge on any atom is -0.493 e. The van der Waals surface area contributed by atoms with Crippen molar-refractivity contribution >= 4 is 12.0 Å². The lowest BCUT2D eigenvalue weighted by molar-refractivity contribution is -0.123. The third kappa shape index (κ3) is 5.12. The van der Waals surface area contributed by atoms with Crippen LogP contribution in [0.25, 0.3) is 6.08 Å². The van der Waals surface area contributed by atoms with Crippen LogP contribution < -0.4 is 14.8 Å². The number of amides is 1. The molecule has 0 spiro atoms. The van der Waals surface area contributed by atoms with Gasteiger partial charge in [0.25, 0.3) is 5.91 Å². The second-order valence-electron chi connectivity index (χ2n) is 6.33. The molecule has 0 saturated heterocycles. The van der Waals surface area contributed by atoms with Gasteiger partial charge in [0.15, 0.2) is 18.1 Å². The fourth-order valence-electron chi connectivity index (χ4n) is 2.64. The van der Waals surface area contributed by atoms with Crippen molar-refractivity contribution in [1.82, 2.24) is 5.32 Å². The Bertz CT molecular complexity index is 796. The molecule has 0 aliphatic carbocycles. The number of rotatable bonds is 7. The SMILES string of the molecule is C/C=C/c1ccc(OCC(=O)NC(C)c2ccc(C)c(C)c2)c(OC)c1. The minimum atomic E-state index is -0.171. The maximum Gasteiger partial charge on any atom is 0.258 e. The van der Waals surface area contributed by atoms with Crippen LogP contribution >= 0.6 is 0 Å². The molecule has 1 atom stereocenters. The summed E-state index contributed by atoms with van der Waals surface area (Å²) in [5.74, 6) is 0.987.